The lowest BCUT2D eigenvalue weighted by atomic mass is 10.1. The van der Waals surface area contributed by atoms with E-state index in [1.807, 2.05) is 32.0 Å². The number of hydrogen-bond donors (Lipinski definition) is 2. The summed E-state index contributed by atoms with van der Waals surface area (Å²) in [5, 5.41) is 9.58. The van der Waals surface area contributed by atoms with Crippen molar-refractivity contribution in [1.82, 2.24) is 10.2 Å². The van der Waals surface area contributed by atoms with Gasteiger partial charge in [-0.15, -0.1) is 5.10 Å². The molecule has 5 nitrogen and oxygen atoms in total. The minimum absolute atomic E-state index is 0.261. The number of aromatic nitrogens is 2. The van der Waals surface area contributed by atoms with Crippen molar-refractivity contribution in [3.63, 3.8) is 0 Å². The van der Waals surface area contributed by atoms with Gasteiger partial charge in [-0.3, -0.25) is 15.2 Å². The molecule has 106 valence electrons. The van der Waals surface area contributed by atoms with Crippen LogP contribution in [0, 0.1) is 17.8 Å². The van der Waals surface area contributed by atoms with Crippen LogP contribution in [0.15, 0.2) is 18.2 Å². The molecule has 1 aromatic heterocycles. The third kappa shape index (κ3) is 3.64. The van der Waals surface area contributed by atoms with E-state index in [1.165, 1.54) is 11.3 Å². The number of nitrogens with one attached hydrogen (secondary N) is 2. The largest absolute Gasteiger partial charge is 0.481 e. The maximum absolute atomic E-state index is 12.0. The van der Waals surface area contributed by atoms with Crippen LogP contribution < -0.4 is 10.1 Å². The van der Waals surface area contributed by atoms with Crippen LogP contribution in [0.1, 0.15) is 18.1 Å². The number of H-pyrrole nitrogens is 1. The minimum atomic E-state index is -0.617. The van der Waals surface area contributed by atoms with Gasteiger partial charge in [-0.1, -0.05) is 29.0 Å². The Morgan fingerprint density at radius 3 is 2.85 bits per heavy atom. The maximum Gasteiger partial charge on any atom is 0.266 e. The highest BCUT2D eigenvalue weighted by molar-refractivity contribution is 7.73. The molecule has 1 atom stereocenters. The van der Waals surface area contributed by atoms with E-state index < -0.39 is 6.10 Å². The number of aryl methyl sites for hydroxylation is 2. The molecular formula is C13H15N3O2S2. The third-order valence-corrected chi connectivity index (χ3v) is 3.68. The summed E-state index contributed by atoms with van der Waals surface area (Å²) in [6.45, 7) is 5.66. The average molecular weight is 309 g/mol. The van der Waals surface area contributed by atoms with Crippen molar-refractivity contribution >= 4 is 34.6 Å². The minimum Gasteiger partial charge on any atom is -0.481 e. The van der Waals surface area contributed by atoms with Crippen LogP contribution in [0.2, 0.25) is 0 Å². The molecular weight excluding hydrogens is 294 g/mol. The summed E-state index contributed by atoms with van der Waals surface area (Å²) in [5.41, 5.74) is 2.16. The lowest BCUT2D eigenvalue weighted by Crippen LogP contribution is -2.30. The lowest BCUT2D eigenvalue weighted by molar-refractivity contribution is -0.122. The van der Waals surface area contributed by atoms with Crippen LogP contribution in [0.5, 0.6) is 5.75 Å². The normalized spacial score (nSPS) is 11.9. The maximum atomic E-state index is 12.0. The van der Waals surface area contributed by atoms with E-state index in [-0.39, 0.29) is 5.91 Å². The molecule has 1 aromatic carbocycles. The first-order valence-electron chi connectivity index (χ1n) is 6.06. The molecule has 1 unspecified atom stereocenters. The number of ether oxygens (including phenoxy) is 1. The second kappa shape index (κ2) is 6.15. The number of rotatable bonds is 4. The van der Waals surface area contributed by atoms with Crippen LogP contribution in [0.25, 0.3) is 0 Å². The molecule has 0 aliphatic rings. The number of anilines is 1. The fourth-order valence-electron chi connectivity index (χ4n) is 1.67. The summed E-state index contributed by atoms with van der Waals surface area (Å²) < 4.78 is 6.19. The third-order valence-electron chi connectivity index (χ3n) is 2.67. The van der Waals surface area contributed by atoms with Gasteiger partial charge in [0.15, 0.2) is 10.1 Å². The first kappa shape index (κ1) is 14.7. The van der Waals surface area contributed by atoms with E-state index in [9.17, 15) is 4.79 Å². The highest BCUT2D eigenvalue weighted by Crippen LogP contribution is 2.20. The lowest BCUT2D eigenvalue weighted by Gasteiger charge is -2.15. The molecule has 0 aliphatic carbocycles. The molecule has 2 rings (SSSR count). The number of hydrogen-bond acceptors (Lipinski definition) is 5. The zero-order valence-corrected chi connectivity index (χ0v) is 13.0. The van der Waals surface area contributed by atoms with Crippen molar-refractivity contribution in [2.45, 2.75) is 26.9 Å². The van der Waals surface area contributed by atoms with E-state index in [2.05, 4.69) is 15.5 Å². The Hall–Kier alpha value is -1.73. The molecule has 0 saturated heterocycles. The Morgan fingerprint density at radius 1 is 1.50 bits per heavy atom. The molecule has 0 aliphatic heterocycles. The number of benzene rings is 1. The van der Waals surface area contributed by atoms with Crippen LogP contribution in [-0.2, 0) is 4.79 Å². The smallest absolute Gasteiger partial charge is 0.266 e. The SMILES string of the molecule is Cc1ccc(OC(C)C(=O)Nc2n[nH]c(=S)s2)c(C)c1. The second-order valence-electron chi connectivity index (χ2n) is 4.44. The topological polar surface area (TPSA) is 67.0 Å². The van der Waals surface area contributed by atoms with Crippen molar-refractivity contribution in [3.05, 3.63) is 33.3 Å². The van der Waals surface area contributed by atoms with E-state index in [0.717, 1.165) is 11.1 Å². The quantitative estimate of drug-likeness (QED) is 0.851. The van der Waals surface area contributed by atoms with Gasteiger partial charge in [-0.25, -0.2) is 0 Å². The molecule has 2 N–H and O–H groups in total. The first-order chi connectivity index (χ1) is 9.45. The molecule has 0 bridgehead atoms. The summed E-state index contributed by atoms with van der Waals surface area (Å²) in [6.07, 6.45) is -0.617. The van der Waals surface area contributed by atoms with Crippen molar-refractivity contribution in [2.24, 2.45) is 0 Å². The van der Waals surface area contributed by atoms with Gasteiger partial charge in [0, 0.05) is 0 Å². The van der Waals surface area contributed by atoms with Crippen LogP contribution in [0.3, 0.4) is 0 Å². The molecule has 1 amide bonds. The fraction of sp³-hybridized carbons (Fsp3) is 0.308. The van der Waals surface area contributed by atoms with Crippen LogP contribution >= 0.6 is 23.6 Å². The van der Waals surface area contributed by atoms with Gasteiger partial charge < -0.3 is 4.74 Å². The Labute approximate surface area is 126 Å². The van der Waals surface area contributed by atoms with Gasteiger partial charge in [-0.05, 0) is 44.6 Å². The van der Waals surface area contributed by atoms with E-state index in [1.54, 1.807) is 6.92 Å². The Morgan fingerprint density at radius 2 is 2.25 bits per heavy atom. The predicted molar refractivity (Wildman–Crippen MR) is 81.9 cm³/mol. The Kier molecular flexibility index (Phi) is 4.51. The van der Waals surface area contributed by atoms with Crippen molar-refractivity contribution in [1.29, 1.82) is 0 Å². The molecule has 0 spiro atoms. The van der Waals surface area contributed by atoms with Crippen molar-refractivity contribution < 1.29 is 9.53 Å². The van der Waals surface area contributed by atoms with Gasteiger partial charge in [0.1, 0.15) is 5.75 Å². The zero-order valence-electron chi connectivity index (χ0n) is 11.4. The van der Waals surface area contributed by atoms with Crippen molar-refractivity contribution in [2.75, 3.05) is 5.32 Å². The molecule has 0 fully saturated rings. The highest BCUT2D eigenvalue weighted by atomic mass is 32.1. The molecule has 2 aromatic rings. The summed E-state index contributed by atoms with van der Waals surface area (Å²) in [4.78, 5) is 12.0. The first-order valence-corrected chi connectivity index (χ1v) is 7.28. The standard InChI is InChI=1S/C13H15N3O2S2/c1-7-4-5-10(8(2)6-7)18-9(3)11(17)14-12-15-16-13(19)20-12/h4-6,9H,1-3H3,(H,16,19)(H,14,15,17). The van der Waals surface area contributed by atoms with Crippen LogP contribution in [-0.4, -0.2) is 22.2 Å². The zero-order chi connectivity index (χ0) is 14.7. The number of nitrogens with zero attached hydrogens (tertiary/aromatic N) is 1. The van der Waals surface area contributed by atoms with Gasteiger partial charge in [0.2, 0.25) is 5.13 Å². The molecule has 0 saturated carbocycles. The molecule has 20 heavy (non-hydrogen) atoms. The molecule has 0 radical (unpaired) electrons. The summed E-state index contributed by atoms with van der Waals surface area (Å²) in [7, 11) is 0. The number of amides is 1. The average Bonchev–Trinajstić information content (AvgIpc) is 2.78. The van der Waals surface area contributed by atoms with E-state index in [0.29, 0.717) is 14.8 Å². The summed E-state index contributed by atoms with van der Waals surface area (Å²) in [6, 6.07) is 5.83. The molecule has 7 heteroatoms. The van der Waals surface area contributed by atoms with Gasteiger partial charge in [0.05, 0.1) is 0 Å². The van der Waals surface area contributed by atoms with E-state index in [4.69, 9.17) is 17.0 Å². The van der Waals surface area contributed by atoms with Gasteiger partial charge >= 0.3 is 0 Å². The Bertz CT molecular complexity index is 678. The summed E-state index contributed by atoms with van der Waals surface area (Å²) in [5.74, 6) is 0.440. The monoisotopic (exact) mass is 309 g/mol. The van der Waals surface area contributed by atoms with E-state index >= 15 is 0 Å². The summed E-state index contributed by atoms with van der Waals surface area (Å²) >= 11 is 6.11. The Balaban J connectivity index is 2.02. The van der Waals surface area contributed by atoms with Gasteiger partial charge in [0.25, 0.3) is 5.91 Å². The fourth-order valence-corrected chi connectivity index (χ4v) is 2.46. The second-order valence-corrected chi connectivity index (χ2v) is 6.10. The van der Waals surface area contributed by atoms with Crippen molar-refractivity contribution in [3.8, 4) is 5.75 Å². The molecule has 1 heterocycles. The number of carbonyl (C=O) groups excluding carboxylic acids is 1. The van der Waals surface area contributed by atoms with Gasteiger partial charge in [-0.2, -0.15) is 0 Å². The number of aromatic amines is 1. The predicted octanol–water partition coefficient (Wildman–Crippen LogP) is 3.22. The van der Waals surface area contributed by atoms with Crippen LogP contribution in [0.4, 0.5) is 5.13 Å². The highest BCUT2D eigenvalue weighted by Gasteiger charge is 2.17. The number of carbonyl (C=O) groups is 1.